The molecule has 1 amide bonds. The van der Waals surface area contributed by atoms with Gasteiger partial charge < -0.3 is 5.32 Å². The fraction of sp³-hybridized carbons (Fsp3) is 0.409. The van der Waals surface area contributed by atoms with Gasteiger partial charge >= 0.3 is 0 Å². The third kappa shape index (κ3) is 4.70. The molecule has 25 heavy (non-hydrogen) atoms. The lowest BCUT2D eigenvalue weighted by atomic mass is 9.89. The van der Waals surface area contributed by atoms with Crippen LogP contribution in [0.25, 0.3) is 0 Å². The standard InChI is InChI=1S/C22H28N2O/c1-17-8-6-7-11-21(17)23-22(25)18(2)24-14-12-20(13-15-24)16-19-9-4-3-5-10-19/h3-11,18,20H,12-16H2,1-2H3,(H,23,25)/t18-/m0/s1. The van der Waals surface area contributed by atoms with Gasteiger partial charge in [-0.1, -0.05) is 48.5 Å². The quantitative estimate of drug-likeness (QED) is 0.884. The number of likely N-dealkylation sites (tertiary alicyclic amines) is 1. The first-order valence-electron chi connectivity index (χ1n) is 9.28. The molecule has 3 rings (SSSR count). The van der Waals surface area contributed by atoms with Crippen molar-refractivity contribution < 1.29 is 4.79 Å². The van der Waals surface area contributed by atoms with Crippen LogP contribution in [0.3, 0.4) is 0 Å². The lowest BCUT2D eigenvalue weighted by Gasteiger charge is -2.35. The van der Waals surface area contributed by atoms with Gasteiger partial charge in [0.1, 0.15) is 0 Å². The van der Waals surface area contributed by atoms with E-state index in [1.54, 1.807) is 0 Å². The molecular weight excluding hydrogens is 308 g/mol. The molecule has 1 fully saturated rings. The van der Waals surface area contributed by atoms with Crippen LogP contribution in [0, 0.1) is 12.8 Å². The first-order valence-corrected chi connectivity index (χ1v) is 9.28. The zero-order valence-electron chi connectivity index (χ0n) is 15.2. The molecule has 3 nitrogen and oxygen atoms in total. The van der Waals surface area contributed by atoms with Crippen molar-refractivity contribution >= 4 is 11.6 Å². The Balaban J connectivity index is 1.50. The normalized spacial score (nSPS) is 17.2. The van der Waals surface area contributed by atoms with E-state index in [0.717, 1.165) is 49.5 Å². The smallest absolute Gasteiger partial charge is 0.241 e. The summed E-state index contributed by atoms with van der Waals surface area (Å²) in [6, 6.07) is 18.6. The highest BCUT2D eigenvalue weighted by Gasteiger charge is 2.26. The molecule has 3 heteroatoms. The number of carbonyl (C=O) groups is 1. The third-order valence-corrected chi connectivity index (χ3v) is 5.35. The molecule has 1 saturated heterocycles. The van der Waals surface area contributed by atoms with Crippen molar-refractivity contribution in [2.75, 3.05) is 18.4 Å². The molecule has 0 unspecified atom stereocenters. The second-order valence-electron chi connectivity index (χ2n) is 7.15. The van der Waals surface area contributed by atoms with Crippen LogP contribution < -0.4 is 5.32 Å². The Bertz CT molecular complexity index is 690. The number of piperidine rings is 1. The van der Waals surface area contributed by atoms with Crippen LogP contribution in [-0.2, 0) is 11.2 Å². The Labute approximate surface area is 151 Å². The largest absolute Gasteiger partial charge is 0.324 e. The third-order valence-electron chi connectivity index (χ3n) is 5.35. The average molecular weight is 336 g/mol. The highest BCUT2D eigenvalue weighted by molar-refractivity contribution is 5.95. The number of rotatable bonds is 5. The number of hydrogen-bond acceptors (Lipinski definition) is 2. The number of hydrogen-bond donors (Lipinski definition) is 1. The van der Waals surface area contributed by atoms with Crippen LogP contribution in [0.5, 0.6) is 0 Å². The summed E-state index contributed by atoms with van der Waals surface area (Å²) in [7, 11) is 0. The molecule has 0 saturated carbocycles. The van der Waals surface area contributed by atoms with Crippen LogP contribution in [0.15, 0.2) is 54.6 Å². The molecule has 0 radical (unpaired) electrons. The molecule has 0 aliphatic carbocycles. The summed E-state index contributed by atoms with van der Waals surface area (Å²) < 4.78 is 0. The first-order chi connectivity index (χ1) is 12.1. The molecular formula is C22H28N2O. The predicted molar refractivity (Wildman–Crippen MR) is 104 cm³/mol. The van der Waals surface area contributed by atoms with E-state index in [2.05, 4.69) is 40.5 Å². The molecule has 132 valence electrons. The molecule has 0 aromatic heterocycles. The van der Waals surface area contributed by atoms with Gasteiger partial charge in [0.2, 0.25) is 5.91 Å². The minimum atomic E-state index is -0.0859. The molecule has 0 bridgehead atoms. The highest BCUT2D eigenvalue weighted by atomic mass is 16.2. The van der Waals surface area contributed by atoms with E-state index in [1.165, 1.54) is 5.56 Å². The van der Waals surface area contributed by atoms with Crippen molar-refractivity contribution in [3.63, 3.8) is 0 Å². The van der Waals surface area contributed by atoms with E-state index in [-0.39, 0.29) is 11.9 Å². The second kappa shape index (κ2) is 8.30. The van der Waals surface area contributed by atoms with Gasteiger partial charge in [0.25, 0.3) is 0 Å². The zero-order chi connectivity index (χ0) is 17.6. The molecule has 2 aromatic rings. The maximum atomic E-state index is 12.6. The van der Waals surface area contributed by atoms with Gasteiger partial charge in [0, 0.05) is 5.69 Å². The summed E-state index contributed by atoms with van der Waals surface area (Å²) in [5, 5.41) is 3.08. The van der Waals surface area contributed by atoms with Gasteiger partial charge in [-0.05, 0) is 69.3 Å². The SMILES string of the molecule is Cc1ccccc1NC(=O)[C@H](C)N1CCC(Cc2ccccc2)CC1. The van der Waals surface area contributed by atoms with Gasteiger partial charge in [-0.3, -0.25) is 9.69 Å². The van der Waals surface area contributed by atoms with Crippen LogP contribution >= 0.6 is 0 Å². The Morgan fingerprint density at radius 1 is 1.08 bits per heavy atom. The number of benzene rings is 2. The van der Waals surface area contributed by atoms with E-state index in [0.29, 0.717) is 0 Å². The minimum absolute atomic E-state index is 0.0859. The van der Waals surface area contributed by atoms with Crippen molar-refractivity contribution in [2.45, 2.75) is 39.2 Å². The highest BCUT2D eigenvalue weighted by Crippen LogP contribution is 2.23. The fourth-order valence-corrected chi connectivity index (χ4v) is 3.61. The van der Waals surface area contributed by atoms with Crippen molar-refractivity contribution in [1.82, 2.24) is 4.90 Å². The second-order valence-corrected chi connectivity index (χ2v) is 7.15. The van der Waals surface area contributed by atoms with Gasteiger partial charge in [-0.25, -0.2) is 0 Å². The van der Waals surface area contributed by atoms with Crippen molar-refractivity contribution in [3.8, 4) is 0 Å². The molecule has 1 aliphatic heterocycles. The monoisotopic (exact) mass is 336 g/mol. The number of carbonyl (C=O) groups excluding carboxylic acids is 1. The van der Waals surface area contributed by atoms with Gasteiger partial charge in [0.15, 0.2) is 0 Å². The lowest BCUT2D eigenvalue weighted by molar-refractivity contribution is -0.121. The van der Waals surface area contributed by atoms with E-state index >= 15 is 0 Å². The number of anilines is 1. The summed E-state index contributed by atoms with van der Waals surface area (Å²) >= 11 is 0. The predicted octanol–water partition coefficient (Wildman–Crippen LogP) is 4.28. The Morgan fingerprint density at radius 2 is 1.72 bits per heavy atom. The average Bonchev–Trinajstić information content (AvgIpc) is 2.64. The lowest BCUT2D eigenvalue weighted by Crippen LogP contribution is -2.46. The summed E-state index contributed by atoms with van der Waals surface area (Å²) in [5.74, 6) is 0.820. The number of para-hydroxylation sites is 1. The fourth-order valence-electron chi connectivity index (χ4n) is 3.61. The van der Waals surface area contributed by atoms with Gasteiger partial charge in [0.05, 0.1) is 6.04 Å². The molecule has 1 heterocycles. The van der Waals surface area contributed by atoms with Crippen LogP contribution in [0.4, 0.5) is 5.69 Å². The van der Waals surface area contributed by atoms with Crippen molar-refractivity contribution in [3.05, 3.63) is 65.7 Å². The van der Waals surface area contributed by atoms with E-state index in [9.17, 15) is 4.79 Å². The number of nitrogens with zero attached hydrogens (tertiary/aromatic N) is 1. The molecule has 1 atom stereocenters. The Hall–Kier alpha value is -2.13. The Morgan fingerprint density at radius 3 is 2.40 bits per heavy atom. The molecule has 1 aliphatic rings. The summed E-state index contributed by atoms with van der Waals surface area (Å²) in [6.07, 6.45) is 3.48. The van der Waals surface area contributed by atoms with E-state index in [1.807, 2.05) is 38.1 Å². The van der Waals surface area contributed by atoms with E-state index in [4.69, 9.17) is 0 Å². The number of nitrogens with one attached hydrogen (secondary N) is 1. The molecule has 1 N–H and O–H groups in total. The van der Waals surface area contributed by atoms with Crippen molar-refractivity contribution in [2.24, 2.45) is 5.92 Å². The number of aryl methyl sites for hydroxylation is 1. The van der Waals surface area contributed by atoms with Crippen LogP contribution in [0.1, 0.15) is 30.9 Å². The van der Waals surface area contributed by atoms with Crippen molar-refractivity contribution in [1.29, 1.82) is 0 Å². The maximum absolute atomic E-state index is 12.6. The Kier molecular flexibility index (Phi) is 5.87. The maximum Gasteiger partial charge on any atom is 0.241 e. The van der Waals surface area contributed by atoms with Gasteiger partial charge in [-0.2, -0.15) is 0 Å². The summed E-state index contributed by atoms with van der Waals surface area (Å²) in [6.45, 7) is 6.04. The topological polar surface area (TPSA) is 32.3 Å². The number of amides is 1. The molecule has 2 aromatic carbocycles. The molecule has 0 spiro atoms. The first kappa shape index (κ1) is 17.7. The van der Waals surface area contributed by atoms with Crippen LogP contribution in [0.2, 0.25) is 0 Å². The van der Waals surface area contributed by atoms with Gasteiger partial charge in [-0.15, -0.1) is 0 Å². The summed E-state index contributed by atoms with van der Waals surface area (Å²) in [4.78, 5) is 14.9. The van der Waals surface area contributed by atoms with E-state index < -0.39 is 0 Å². The zero-order valence-corrected chi connectivity index (χ0v) is 15.2. The minimum Gasteiger partial charge on any atom is -0.324 e. The van der Waals surface area contributed by atoms with Crippen LogP contribution in [-0.4, -0.2) is 29.9 Å². The summed E-state index contributed by atoms with van der Waals surface area (Å²) in [5.41, 5.74) is 3.44.